The van der Waals surface area contributed by atoms with Crippen molar-refractivity contribution in [3.63, 3.8) is 0 Å². The molecule has 0 heterocycles. The fourth-order valence-corrected chi connectivity index (χ4v) is 2.76. The lowest BCUT2D eigenvalue weighted by Crippen LogP contribution is -2.37. The molecule has 0 bridgehead atoms. The summed E-state index contributed by atoms with van der Waals surface area (Å²) >= 11 is 0. The first-order valence-electron chi connectivity index (χ1n) is 7.81. The van der Waals surface area contributed by atoms with Gasteiger partial charge in [0.15, 0.2) is 5.78 Å². The quantitative estimate of drug-likeness (QED) is 0.572. The van der Waals surface area contributed by atoms with E-state index in [1.165, 1.54) is 0 Å². The molecule has 0 spiro atoms. The average molecular weight is 307 g/mol. The SMILES string of the molecule is CC(C[N+](=O)[O-])C1(C)C=C(C(C)(C)C)C(=O)C(C(C)(C)C)=C1. The molecule has 0 fully saturated rings. The molecule has 0 radical (unpaired) electrons. The van der Waals surface area contributed by atoms with Crippen LogP contribution in [0.5, 0.6) is 0 Å². The first-order valence-corrected chi connectivity index (χ1v) is 7.81. The van der Waals surface area contributed by atoms with Crippen molar-refractivity contribution in [3.05, 3.63) is 33.4 Å². The monoisotopic (exact) mass is 307 g/mol. The van der Waals surface area contributed by atoms with E-state index < -0.39 is 5.41 Å². The maximum atomic E-state index is 12.9. The summed E-state index contributed by atoms with van der Waals surface area (Å²) in [5.41, 5.74) is 0.483. The first-order chi connectivity index (χ1) is 9.68. The van der Waals surface area contributed by atoms with Crippen LogP contribution < -0.4 is 0 Å². The number of nitrogens with zero attached hydrogens (tertiary/aromatic N) is 1. The minimum Gasteiger partial charge on any atom is -0.289 e. The van der Waals surface area contributed by atoms with Crippen molar-refractivity contribution in [1.82, 2.24) is 0 Å². The number of ketones is 1. The Balaban J connectivity index is 3.47. The van der Waals surface area contributed by atoms with E-state index in [9.17, 15) is 14.9 Å². The van der Waals surface area contributed by atoms with Gasteiger partial charge in [-0.2, -0.15) is 0 Å². The largest absolute Gasteiger partial charge is 0.289 e. The zero-order chi connectivity index (χ0) is 17.5. The Morgan fingerprint density at radius 2 is 1.45 bits per heavy atom. The fraction of sp³-hybridized carbons (Fsp3) is 0.722. The molecule has 0 saturated heterocycles. The molecular formula is C18H29NO3. The van der Waals surface area contributed by atoms with Gasteiger partial charge in [-0.05, 0) is 10.8 Å². The maximum absolute atomic E-state index is 12.9. The van der Waals surface area contributed by atoms with Gasteiger partial charge in [-0.25, -0.2) is 0 Å². The van der Waals surface area contributed by atoms with Crippen LogP contribution >= 0.6 is 0 Å². The number of allylic oxidation sites excluding steroid dienone is 4. The van der Waals surface area contributed by atoms with E-state index in [1.807, 2.05) is 67.5 Å². The van der Waals surface area contributed by atoms with Crippen molar-refractivity contribution in [3.8, 4) is 0 Å². The van der Waals surface area contributed by atoms with Gasteiger partial charge in [-0.3, -0.25) is 14.9 Å². The van der Waals surface area contributed by atoms with Crippen LogP contribution in [0.2, 0.25) is 0 Å². The molecule has 124 valence electrons. The third-order valence-corrected chi connectivity index (χ3v) is 4.50. The minimum atomic E-state index is -0.480. The summed E-state index contributed by atoms with van der Waals surface area (Å²) in [6, 6.07) is 0. The highest BCUT2D eigenvalue weighted by molar-refractivity contribution is 6.10. The molecule has 1 rings (SSSR count). The lowest BCUT2D eigenvalue weighted by molar-refractivity contribution is -0.489. The van der Waals surface area contributed by atoms with Crippen LogP contribution in [0.3, 0.4) is 0 Å². The molecule has 22 heavy (non-hydrogen) atoms. The number of carbonyl (C=O) groups excluding carboxylic acids is 1. The highest BCUT2D eigenvalue weighted by Crippen LogP contribution is 2.45. The second-order valence-electron chi connectivity index (χ2n) is 8.73. The van der Waals surface area contributed by atoms with Gasteiger partial charge in [0.25, 0.3) is 0 Å². The molecule has 4 nitrogen and oxygen atoms in total. The summed E-state index contributed by atoms with van der Waals surface area (Å²) in [6.07, 6.45) is 3.91. The summed E-state index contributed by atoms with van der Waals surface area (Å²) < 4.78 is 0. The van der Waals surface area contributed by atoms with Gasteiger partial charge in [0.1, 0.15) is 0 Å². The van der Waals surface area contributed by atoms with Crippen molar-refractivity contribution in [2.75, 3.05) is 6.54 Å². The number of rotatable bonds is 3. The molecule has 1 atom stereocenters. The Morgan fingerprint density at radius 3 is 1.73 bits per heavy atom. The molecular weight excluding hydrogens is 278 g/mol. The Bertz CT molecular complexity index is 508. The smallest absolute Gasteiger partial charge is 0.207 e. The van der Waals surface area contributed by atoms with Crippen LogP contribution in [0.25, 0.3) is 0 Å². The zero-order valence-corrected chi connectivity index (χ0v) is 15.1. The summed E-state index contributed by atoms with van der Waals surface area (Å²) in [5, 5.41) is 10.9. The normalized spacial score (nSPS) is 20.3. The fourth-order valence-electron chi connectivity index (χ4n) is 2.76. The zero-order valence-electron chi connectivity index (χ0n) is 15.1. The molecule has 0 amide bonds. The van der Waals surface area contributed by atoms with Gasteiger partial charge < -0.3 is 0 Å². The third kappa shape index (κ3) is 3.84. The number of hydrogen-bond donors (Lipinski definition) is 0. The van der Waals surface area contributed by atoms with E-state index in [4.69, 9.17) is 0 Å². The Hall–Kier alpha value is -1.45. The van der Waals surface area contributed by atoms with E-state index in [0.717, 1.165) is 11.1 Å². The second-order valence-corrected chi connectivity index (χ2v) is 8.73. The first kappa shape index (κ1) is 18.6. The van der Waals surface area contributed by atoms with Gasteiger partial charge in [-0.1, -0.05) is 67.5 Å². The van der Waals surface area contributed by atoms with Crippen LogP contribution in [-0.2, 0) is 4.79 Å². The van der Waals surface area contributed by atoms with E-state index in [1.54, 1.807) is 0 Å². The van der Waals surface area contributed by atoms with Crippen molar-refractivity contribution in [2.45, 2.75) is 55.4 Å². The van der Waals surface area contributed by atoms with Gasteiger partial charge in [-0.15, -0.1) is 0 Å². The predicted molar refractivity (Wildman–Crippen MR) is 89.2 cm³/mol. The van der Waals surface area contributed by atoms with Crippen LogP contribution in [-0.4, -0.2) is 17.3 Å². The van der Waals surface area contributed by atoms with Crippen molar-refractivity contribution in [1.29, 1.82) is 0 Å². The second kappa shape index (κ2) is 5.64. The van der Waals surface area contributed by atoms with Crippen LogP contribution in [0.15, 0.2) is 23.3 Å². The average Bonchev–Trinajstić information content (AvgIpc) is 2.28. The summed E-state index contributed by atoms with van der Waals surface area (Å²) in [5.74, 6) is -0.101. The van der Waals surface area contributed by atoms with Gasteiger partial charge in [0.05, 0.1) is 0 Å². The topological polar surface area (TPSA) is 60.2 Å². The Labute approximate surface area is 133 Å². The molecule has 0 aliphatic heterocycles. The number of Topliss-reactive ketones (excluding diaryl/α,β-unsaturated/α-hetero) is 1. The predicted octanol–water partition coefficient (Wildman–Crippen LogP) is 4.43. The Kier molecular flexibility index (Phi) is 4.76. The molecule has 1 aliphatic carbocycles. The van der Waals surface area contributed by atoms with Gasteiger partial charge >= 0.3 is 0 Å². The lowest BCUT2D eigenvalue weighted by atomic mass is 9.64. The maximum Gasteiger partial charge on any atom is 0.207 e. The molecule has 0 aromatic heterocycles. The molecule has 0 N–H and O–H groups in total. The molecule has 0 aromatic rings. The molecule has 0 saturated carbocycles. The number of nitro groups is 1. The minimum absolute atomic E-state index is 0.0748. The highest BCUT2D eigenvalue weighted by Gasteiger charge is 2.42. The lowest BCUT2D eigenvalue weighted by Gasteiger charge is -2.39. The van der Waals surface area contributed by atoms with E-state index >= 15 is 0 Å². The molecule has 0 aromatic carbocycles. The van der Waals surface area contributed by atoms with E-state index in [0.29, 0.717) is 0 Å². The van der Waals surface area contributed by atoms with Crippen LogP contribution in [0.4, 0.5) is 0 Å². The Morgan fingerprint density at radius 1 is 1.09 bits per heavy atom. The highest BCUT2D eigenvalue weighted by atomic mass is 16.6. The molecule has 4 heteroatoms. The van der Waals surface area contributed by atoms with E-state index in [2.05, 4.69) is 0 Å². The van der Waals surface area contributed by atoms with Crippen LogP contribution in [0.1, 0.15) is 55.4 Å². The van der Waals surface area contributed by atoms with Crippen molar-refractivity contribution in [2.24, 2.45) is 22.2 Å². The van der Waals surface area contributed by atoms with E-state index in [-0.39, 0.29) is 34.0 Å². The van der Waals surface area contributed by atoms with Crippen molar-refractivity contribution >= 4 is 5.78 Å². The van der Waals surface area contributed by atoms with Crippen LogP contribution in [0, 0.1) is 32.3 Å². The third-order valence-electron chi connectivity index (χ3n) is 4.50. The molecule has 1 unspecified atom stereocenters. The molecule has 1 aliphatic rings. The summed E-state index contributed by atoms with van der Waals surface area (Å²) in [7, 11) is 0. The standard InChI is InChI=1S/C18H29NO3/c1-12(11-19(21)22)18(8)9-13(16(2,3)4)15(20)14(10-18)17(5,6)7/h9-10,12H,11H2,1-8H3. The summed E-state index contributed by atoms with van der Waals surface area (Å²) in [6.45, 7) is 15.9. The van der Waals surface area contributed by atoms with Gasteiger partial charge in [0.2, 0.25) is 6.54 Å². The number of carbonyl (C=O) groups is 1. The van der Waals surface area contributed by atoms with Gasteiger partial charge in [0, 0.05) is 27.4 Å². The summed E-state index contributed by atoms with van der Waals surface area (Å²) in [4.78, 5) is 23.5. The van der Waals surface area contributed by atoms with Crippen molar-refractivity contribution < 1.29 is 9.72 Å². The number of hydrogen-bond acceptors (Lipinski definition) is 3.